The highest BCUT2D eigenvalue weighted by Gasteiger charge is 2.10. The number of carboxylic acid groups (broad SMARTS) is 2. The molecule has 7 N–H and O–H groups in total. The molecule has 1 unspecified atom stereocenters. The van der Waals surface area contributed by atoms with E-state index in [2.05, 4.69) is 36.8 Å². The van der Waals surface area contributed by atoms with E-state index in [4.69, 9.17) is 26.4 Å². The summed E-state index contributed by atoms with van der Waals surface area (Å²) in [6, 6.07) is 13.6. The van der Waals surface area contributed by atoms with Crippen molar-refractivity contribution in [1.29, 1.82) is 0 Å². The van der Waals surface area contributed by atoms with Crippen LogP contribution in [0.2, 0.25) is 0 Å². The topological polar surface area (TPSA) is 152 Å². The average Bonchev–Trinajstić information content (AvgIpc) is 3.53. The normalized spacial score (nSPS) is 14.4. The number of hydrogen-bond acceptors (Lipinski definition) is 6. The Labute approximate surface area is 229 Å². The Morgan fingerprint density at radius 1 is 1.08 bits per heavy atom. The third-order valence-electron chi connectivity index (χ3n) is 4.53. The third kappa shape index (κ3) is 9.64. The van der Waals surface area contributed by atoms with E-state index < -0.39 is 11.9 Å². The molecule has 11 heteroatoms. The van der Waals surface area contributed by atoms with Crippen LogP contribution in [-0.2, 0) is 4.74 Å². The first kappa shape index (κ1) is 29.9. The Morgan fingerprint density at radius 3 is 2.25 bits per heavy atom. The fraction of sp³-hybridized carbons (Fsp3) is 0.280. The second kappa shape index (κ2) is 14.5. The number of nitrogens with two attached hydrogens (primary N) is 2. The van der Waals surface area contributed by atoms with Crippen molar-refractivity contribution in [3.8, 4) is 0 Å². The number of hydrogen-bond donors (Lipinski definition) is 5. The number of nitrogens with one attached hydrogen (secondary N) is 1. The molecule has 1 atom stereocenters. The van der Waals surface area contributed by atoms with E-state index in [-0.39, 0.29) is 0 Å². The molecule has 1 aliphatic heterocycles. The molecule has 2 aromatic carbocycles. The summed E-state index contributed by atoms with van der Waals surface area (Å²) in [4.78, 5) is 24.7. The molecule has 1 saturated heterocycles. The van der Waals surface area contributed by atoms with Crippen molar-refractivity contribution >= 4 is 76.1 Å². The van der Waals surface area contributed by atoms with E-state index in [1.54, 1.807) is 12.1 Å². The monoisotopic (exact) mass is 641 g/mol. The first-order chi connectivity index (χ1) is 17.0. The van der Waals surface area contributed by atoms with Gasteiger partial charge in [-0.3, -0.25) is 0 Å². The predicted molar refractivity (Wildman–Crippen MR) is 152 cm³/mol. The van der Waals surface area contributed by atoms with Gasteiger partial charge in [0.25, 0.3) is 0 Å². The lowest BCUT2D eigenvalue weighted by atomic mass is 10.2. The molecule has 0 radical (unpaired) electrons. The minimum Gasteiger partial charge on any atom is -0.478 e. The van der Waals surface area contributed by atoms with Crippen LogP contribution in [0.4, 0.5) is 0 Å². The van der Waals surface area contributed by atoms with Gasteiger partial charge in [-0.15, -0.1) is 11.3 Å². The van der Waals surface area contributed by atoms with E-state index >= 15 is 0 Å². The zero-order valence-electron chi connectivity index (χ0n) is 19.8. The highest BCUT2D eigenvalue weighted by Crippen LogP contribution is 2.28. The molecule has 194 valence electrons. The Hall–Kier alpha value is -2.28. The average molecular weight is 643 g/mol. The van der Waals surface area contributed by atoms with Gasteiger partial charge < -0.3 is 31.4 Å². The molecular weight excluding hydrogens is 614 g/mol. The zero-order chi connectivity index (χ0) is 26.8. The number of thiophene rings is 1. The quantitative estimate of drug-likeness (QED) is 0.178. The summed E-state index contributed by atoms with van der Waals surface area (Å²) in [6.45, 7) is 5.52. The van der Waals surface area contributed by atoms with Gasteiger partial charge in [0.05, 0.1) is 12.2 Å². The molecule has 1 aliphatic rings. The second-order valence-electron chi connectivity index (χ2n) is 8.16. The summed E-state index contributed by atoms with van der Waals surface area (Å²) in [6.07, 6.45) is 2.54. The van der Waals surface area contributed by atoms with Crippen molar-refractivity contribution in [2.45, 2.75) is 32.4 Å². The minimum atomic E-state index is -0.913. The smallest absolute Gasteiger partial charge is 0.345 e. The summed E-state index contributed by atoms with van der Waals surface area (Å²) in [5, 5.41) is 19.3. The largest absolute Gasteiger partial charge is 0.478 e. The Balaban J connectivity index is 0.000000186. The molecule has 4 aromatic rings. The SMILES string of the molecule is CC(C)N.NC1CCOC1.O=C(O)c1c[nH]c2ccc(Br)cc12.O=C(O)c1cc2ccc(Br)cc2s1. The van der Waals surface area contributed by atoms with Gasteiger partial charge in [0.2, 0.25) is 0 Å². The first-order valence-corrected chi connectivity index (χ1v) is 13.4. The van der Waals surface area contributed by atoms with Crippen molar-refractivity contribution < 1.29 is 24.5 Å². The number of aromatic nitrogens is 1. The van der Waals surface area contributed by atoms with Crippen molar-refractivity contribution in [2.75, 3.05) is 13.2 Å². The highest BCUT2D eigenvalue weighted by molar-refractivity contribution is 9.10. The van der Waals surface area contributed by atoms with E-state index in [1.807, 2.05) is 44.2 Å². The van der Waals surface area contributed by atoms with E-state index in [0.29, 0.717) is 22.5 Å². The lowest BCUT2D eigenvalue weighted by Crippen LogP contribution is -2.18. The van der Waals surface area contributed by atoms with Crippen LogP contribution in [0, 0.1) is 0 Å². The Bertz CT molecular complexity index is 1290. The second-order valence-corrected chi connectivity index (χ2v) is 11.1. The van der Waals surface area contributed by atoms with Crippen LogP contribution in [-0.4, -0.2) is 52.4 Å². The van der Waals surface area contributed by atoms with Crippen LogP contribution >= 0.6 is 43.2 Å². The highest BCUT2D eigenvalue weighted by atomic mass is 79.9. The Morgan fingerprint density at radius 2 is 1.72 bits per heavy atom. The molecule has 3 heterocycles. The van der Waals surface area contributed by atoms with Crippen LogP contribution < -0.4 is 11.5 Å². The number of carbonyl (C=O) groups is 2. The predicted octanol–water partition coefficient (Wildman–Crippen LogP) is 6.08. The van der Waals surface area contributed by atoms with Crippen molar-refractivity contribution in [2.24, 2.45) is 11.5 Å². The van der Waals surface area contributed by atoms with E-state index in [1.165, 1.54) is 17.5 Å². The van der Waals surface area contributed by atoms with Gasteiger partial charge in [0.1, 0.15) is 4.88 Å². The third-order valence-corrected chi connectivity index (χ3v) is 6.60. The van der Waals surface area contributed by atoms with Gasteiger partial charge in [0.15, 0.2) is 0 Å². The number of aromatic carboxylic acids is 2. The van der Waals surface area contributed by atoms with Crippen LogP contribution in [0.1, 0.15) is 40.3 Å². The zero-order valence-corrected chi connectivity index (χ0v) is 23.8. The molecule has 0 saturated carbocycles. The lowest BCUT2D eigenvalue weighted by Gasteiger charge is -1.92. The fourth-order valence-corrected chi connectivity index (χ4v) is 4.75. The molecule has 0 spiro atoms. The van der Waals surface area contributed by atoms with Crippen molar-refractivity contribution in [3.63, 3.8) is 0 Å². The van der Waals surface area contributed by atoms with Gasteiger partial charge in [0, 0.05) is 43.4 Å². The molecule has 2 aromatic heterocycles. The number of rotatable bonds is 2. The number of ether oxygens (including phenoxy) is 1. The molecule has 1 fully saturated rings. The summed E-state index contributed by atoms with van der Waals surface area (Å²) >= 11 is 7.92. The number of benzene rings is 2. The number of aromatic amines is 1. The Kier molecular flexibility index (Phi) is 12.0. The maximum Gasteiger partial charge on any atom is 0.345 e. The molecule has 5 rings (SSSR count). The van der Waals surface area contributed by atoms with Gasteiger partial charge in [-0.25, -0.2) is 9.59 Å². The number of halogens is 2. The van der Waals surface area contributed by atoms with Crippen LogP contribution in [0.15, 0.2) is 57.6 Å². The van der Waals surface area contributed by atoms with Crippen molar-refractivity contribution in [1.82, 2.24) is 4.98 Å². The van der Waals surface area contributed by atoms with Crippen molar-refractivity contribution in [3.05, 3.63) is 68.0 Å². The maximum absolute atomic E-state index is 10.8. The maximum atomic E-state index is 10.8. The molecule has 0 aliphatic carbocycles. The van der Waals surface area contributed by atoms with Gasteiger partial charge in [-0.2, -0.15) is 0 Å². The van der Waals surface area contributed by atoms with Gasteiger partial charge >= 0.3 is 11.9 Å². The number of H-pyrrole nitrogens is 1. The number of fused-ring (bicyclic) bond motifs is 2. The fourth-order valence-electron chi connectivity index (χ4n) is 2.93. The van der Waals surface area contributed by atoms with E-state index in [0.717, 1.165) is 49.6 Å². The minimum absolute atomic E-state index is 0.302. The molecule has 0 amide bonds. The lowest BCUT2D eigenvalue weighted by molar-refractivity contribution is 0.0689. The first-order valence-electron chi connectivity index (χ1n) is 11.0. The summed E-state index contributed by atoms with van der Waals surface area (Å²) in [7, 11) is 0. The van der Waals surface area contributed by atoms with Crippen LogP contribution in [0.25, 0.3) is 21.0 Å². The molecular formula is C25H29Br2N3O5S. The van der Waals surface area contributed by atoms with E-state index in [9.17, 15) is 9.59 Å². The summed E-state index contributed by atoms with van der Waals surface area (Å²) < 4.78 is 7.77. The van der Waals surface area contributed by atoms with Gasteiger partial charge in [-0.1, -0.05) is 51.8 Å². The standard InChI is InChI=1S/C9H6BrNO2.C9H5BrO2S.C4H9NO.C3H9N/c10-5-1-2-8-6(3-5)7(4-11-8)9(12)13;10-6-2-1-5-3-8(9(11)12)13-7(5)4-6;5-4-1-2-6-3-4;1-3(2)4/h1-4,11H,(H,12,13);1-4H,(H,11,12);4H,1-3,5H2;3H,4H2,1-2H3. The van der Waals surface area contributed by atoms with Crippen LogP contribution in [0.5, 0.6) is 0 Å². The summed E-state index contributed by atoms with van der Waals surface area (Å²) in [5.41, 5.74) is 11.7. The molecule has 0 bridgehead atoms. The van der Waals surface area contributed by atoms with Crippen LogP contribution in [0.3, 0.4) is 0 Å². The molecule has 36 heavy (non-hydrogen) atoms. The number of carboxylic acids is 2. The summed E-state index contributed by atoms with van der Waals surface area (Å²) in [5.74, 6) is -1.78. The van der Waals surface area contributed by atoms with Gasteiger partial charge in [-0.05, 0) is 54.2 Å². The molecule has 8 nitrogen and oxygen atoms in total.